The minimum Gasteiger partial charge on any atom is -0.498 e. The van der Waals surface area contributed by atoms with Crippen molar-refractivity contribution < 1.29 is 24.5 Å². The molecule has 0 atom stereocenters. The van der Waals surface area contributed by atoms with Gasteiger partial charge in [-0.15, -0.1) is 29.8 Å². The van der Waals surface area contributed by atoms with E-state index < -0.39 is 0 Å². The molecule has 0 unspecified atom stereocenters. The van der Waals surface area contributed by atoms with Crippen molar-refractivity contribution in [1.29, 1.82) is 0 Å². The zero-order valence-corrected chi connectivity index (χ0v) is 31.1. The summed E-state index contributed by atoms with van der Waals surface area (Å²) in [7, 11) is 0. The van der Waals surface area contributed by atoms with Crippen LogP contribution in [0.2, 0.25) is 0 Å². The average Bonchev–Trinajstić information content (AvgIpc) is 3.46. The third kappa shape index (κ3) is 9.51. The van der Waals surface area contributed by atoms with Crippen LogP contribution in [-0.4, -0.2) is 41.2 Å². The topological polar surface area (TPSA) is 110 Å². The Morgan fingerprint density at radius 2 is 1.11 bits per heavy atom. The van der Waals surface area contributed by atoms with Gasteiger partial charge in [-0.3, -0.25) is 5.73 Å². The summed E-state index contributed by atoms with van der Waals surface area (Å²) in [6.07, 6.45) is 5.42. The smallest absolute Gasteiger partial charge is 0.498 e. The number of pyridine rings is 3. The molecule has 0 aliphatic rings. The Balaban J connectivity index is 0.000000190. The van der Waals surface area contributed by atoms with Crippen molar-refractivity contribution in [2.75, 3.05) is 6.73 Å². The summed E-state index contributed by atoms with van der Waals surface area (Å²) in [5, 5.41) is 8.95. The van der Waals surface area contributed by atoms with Crippen LogP contribution >= 0.6 is 0 Å². The summed E-state index contributed by atoms with van der Waals surface area (Å²) >= 11 is 0. The minimum atomic E-state index is 0. The molecule has 0 fully saturated rings. The van der Waals surface area contributed by atoms with Gasteiger partial charge in [-0.1, -0.05) is 11.6 Å². The van der Waals surface area contributed by atoms with E-state index in [4.69, 9.17) is 10.5 Å². The second-order valence-corrected chi connectivity index (χ2v) is 11.3. The molecule has 6 rings (SSSR count). The van der Waals surface area contributed by atoms with Crippen molar-refractivity contribution in [3.63, 3.8) is 0 Å². The number of rotatable bonds is 5. The summed E-state index contributed by atoms with van der Waals surface area (Å²) in [6, 6.07) is 20.7. The zero-order chi connectivity index (χ0) is 33.4. The number of aryl methyl sites for hydroxylation is 5. The average molecular weight is 806 g/mol. The van der Waals surface area contributed by atoms with Crippen molar-refractivity contribution in [2.45, 2.75) is 62.3 Å². The summed E-state index contributed by atoms with van der Waals surface area (Å²) in [6.45, 7) is 18.7. The molecule has 0 aliphatic carbocycles. The van der Waals surface area contributed by atoms with Crippen LogP contribution < -0.4 is 10.5 Å². The van der Waals surface area contributed by atoms with Gasteiger partial charge in [-0.2, -0.15) is 10.2 Å². The first-order valence-corrected chi connectivity index (χ1v) is 15.2. The molecule has 245 valence electrons. The SMILES string of the molecule is Cc1ccnc(-c2[c-]ccc(OCN)c2)c1.Cc1ccnc(-n2nc(C)c(C)c2C)c1.Cc1ccnc(-n2nc(C)c(C)c2C)c1.[Os+]. The molecule has 47 heavy (non-hydrogen) atoms. The normalized spacial score (nSPS) is 10.3. The number of benzene rings is 1. The molecule has 2 N–H and O–H groups in total. The van der Waals surface area contributed by atoms with Crippen molar-refractivity contribution in [1.82, 2.24) is 34.5 Å². The van der Waals surface area contributed by atoms with E-state index in [1.807, 2.05) is 97.1 Å². The van der Waals surface area contributed by atoms with E-state index >= 15 is 0 Å². The molecule has 0 bridgehead atoms. The fourth-order valence-corrected chi connectivity index (χ4v) is 4.62. The Labute approximate surface area is 291 Å². The maximum absolute atomic E-state index is 5.33. The third-order valence-corrected chi connectivity index (χ3v) is 7.76. The largest absolute Gasteiger partial charge is 1.00 e. The summed E-state index contributed by atoms with van der Waals surface area (Å²) in [5.74, 6) is 2.52. The van der Waals surface area contributed by atoms with Crippen LogP contribution in [0.1, 0.15) is 50.6 Å². The Hall–Kier alpha value is -4.51. The Bertz CT molecular complexity index is 1830. The fourth-order valence-electron chi connectivity index (χ4n) is 4.62. The van der Waals surface area contributed by atoms with Crippen LogP contribution in [0.25, 0.3) is 22.9 Å². The molecular formula is C37H43N8OOs. The number of nitrogens with two attached hydrogens (primary N) is 1. The van der Waals surface area contributed by atoms with Gasteiger partial charge < -0.3 is 9.72 Å². The first-order chi connectivity index (χ1) is 22.0. The molecule has 10 heteroatoms. The van der Waals surface area contributed by atoms with Crippen LogP contribution in [0.3, 0.4) is 0 Å². The second kappa shape index (κ2) is 16.9. The first kappa shape index (κ1) is 36.9. The third-order valence-electron chi connectivity index (χ3n) is 7.76. The van der Waals surface area contributed by atoms with Gasteiger partial charge in [0.1, 0.15) is 6.73 Å². The summed E-state index contributed by atoms with van der Waals surface area (Å²) in [4.78, 5) is 12.9. The zero-order valence-electron chi connectivity index (χ0n) is 28.6. The van der Waals surface area contributed by atoms with E-state index in [1.165, 1.54) is 27.8 Å². The van der Waals surface area contributed by atoms with Gasteiger partial charge >= 0.3 is 19.8 Å². The molecule has 1 aromatic carbocycles. The van der Waals surface area contributed by atoms with Crippen LogP contribution in [-0.2, 0) is 19.8 Å². The van der Waals surface area contributed by atoms with E-state index in [0.29, 0.717) is 0 Å². The van der Waals surface area contributed by atoms with Crippen molar-refractivity contribution in [3.8, 4) is 28.6 Å². The van der Waals surface area contributed by atoms with Gasteiger partial charge in [-0.25, -0.2) is 19.3 Å². The van der Waals surface area contributed by atoms with Gasteiger partial charge in [0.25, 0.3) is 0 Å². The van der Waals surface area contributed by atoms with Gasteiger partial charge in [0.15, 0.2) is 11.6 Å². The monoisotopic (exact) mass is 807 g/mol. The summed E-state index contributed by atoms with van der Waals surface area (Å²) < 4.78 is 9.03. The molecule has 0 amide bonds. The van der Waals surface area contributed by atoms with Gasteiger partial charge in [0.2, 0.25) is 0 Å². The summed E-state index contributed by atoms with van der Waals surface area (Å²) in [5.41, 5.74) is 17.6. The molecular weight excluding hydrogens is 763 g/mol. The molecule has 5 aromatic heterocycles. The standard InChI is InChI=1S/C13H13N2O.2C12H15N3.Os/c1-10-5-6-15-13(7-10)11-3-2-4-12(8-11)16-9-14;2*1-8-5-6-13-12(7-8)15-11(4)9(2)10(3)14-15;/h2,4-8H,9,14H2,1H3;2*5-7H,1-4H3;/q-1;;;+1. The van der Waals surface area contributed by atoms with Crippen molar-refractivity contribution >= 4 is 0 Å². The number of hydrogen-bond acceptors (Lipinski definition) is 7. The van der Waals surface area contributed by atoms with E-state index in [2.05, 4.69) is 72.8 Å². The van der Waals surface area contributed by atoms with Crippen LogP contribution in [0, 0.1) is 68.4 Å². The molecule has 0 saturated heterocycles. The van der Waals surface area contributed by atoms with E-state index in [9.17, 15) is 0 Å². The molecule has 1 radical (unpaired) electrons. The van der Waals surface area contributed by atoms with E-state index in [-0.39, 0.29) is 26.5 Å². The molecule has 0 saturated carbocycles. The van der Waals surface area contributed by atoms with Crippen molar-refractivity contribution in [3.05, 3.63) is 130 Å². The van der Waals surface area contributed by atoms with E-state index in [0.717, 1.165) is 51.4 Å². The quantitative estimate of drug-likeness (QED) is 0.146. The maximum Gasteiger partial charge on any atom is 1.00 e. The molecule has 0 spiro atoms. The van der Waals surface area contributed by atoms with E-state index in [1.54, 1.807) is 6.20 Å². The first-order valence-electron chi connectivity index (χ1n) is 15.2. The minimum absolute atomic E-state index is 0. The van der Waals surface area contributed by atoms with Crippen LogP contribution in [0.15, 0.2) is 73.2 Å². The predicted octanol–water partition coefficient (Wildman–Crippen LogP) is 7.15. The fraction of sp³-hybridized carbons (Fsp3) is 0.270. The van der Waals surface area contributed by atoms with Crippen LogP contribution in [0.5, 0.6) is 5.75 Å². The molecule has 5 heterocycles. The molecule has 6 aromatic rings. The van der Waals surface area contributed by atoms with Gasteiger partial charge in [-0.05, 0) is 121 Å². The van der Waals surface area contributed by atoms with Gasteiger partial charge in [0.05, 0.1) is 11.4 Å². The second-order valence-electron chi connectivity index (χ2n) is 11.3. The van der Waals surface area contributed by atoms with Crippen LogP contribution in [0.4, 0.5) is 0 Å². The van der Waals surface area contributed by atoms with Crippen molar-refractivity contribution in [2.24, 2.45) is 5.73 Å². The van der Waals surface area contributed by atoms with Gasteiger partial charge in [0, 0.05) is 35.7 Å². The predicted molar refractivity (Wildman–Crippen MR) is 184 cm³/mol. The Kier molecular flexibility index (Phi) is 13.3. The maximum atomic E-state index is 5.33. The Morgan fingerprint density at radius 3 is 1.51 bits per heavy atom. The number of aromatic nitrogens is 7. The Morgan fingerprint density at radius 1 is 0.638 bits per heavy atom. The molecule has 9 nitrogen and oxygen atoms in total. The number of hydrogen-bond donors (Lipinski definition) is 1. The molecule has 0 aliphatic heterocycles. The number of nitrogens with zero attached hydrogens (tertiary/aromatic N) is 7. The number of ether oxygens (including phenoxy) is 1.